The zero-order valence-electron chi connectivity index (χ0n) is 18.6. The number of ether oxygens (including phenoxy) is 2. The number of aryl methyl sites for hydroxylation is 1. The molecule has 0 spiro atoms. The molecule has 0 bridgehead atoms. The zero-order chi connectivity index (χ0) is 22.2. The van der Waals surface area contributed by atoms with Crippen LogP contribution in [0.15, 0.2) is 59.9 Å². The molecule has 0 aliphatic heterocycles. The highest BCUT2D eigenvalue weighted by Gasteiger charge is 2.11. The SMILES string of the molecule is CN=C(NCc1ccc(-n2ccnc2C)c(F)c1)NCC(C)Oc1ccccc1OC.I. The van der Waals surface area contributed by atoms with Gasteiger partial charge < -0.3 is 24.7 Å². The number of benzene rings is 2. The van der Waals surface area contributed by atoms with Crippen LogP contribution in [0.1, 0.15) is 18.3 Å². The molecule has 1 aromatic heterocycles. The van der Waals surface area contributed by atoms with Gasteiger partial charge >= 0.3 is 0 Å². The summed E-state index contributed by atoms with van der Waals surface area (Å²) < 4.78 is 27.5. The molecule has 0 aliphatic carbocycles. The van der Waals surface area contributed by atoms with E-state index in [0.29, 0.717) is 36.2 Å². The van der Waals surface area contributed by atoms with Gasteiger partial charge in [0.15, 0.2) is 17.5 Å². The van der Waals surface area contributed by atoms with Crippen molar-refractivity contribution in [2.75, 3.05) is 20.7 Å². The fourth-order valence-corrected chi connectivity index (χ4v) is 3.11. The summed E-state index contributed by atoms with van der Waals surface area (Å²) in [6.07, 6.45) is 3.27. The monoisotopic (exact) mass is 553 g/mol. The average molecular weight is 553 g/mol. The number of nitrogens with one attached hydrogen (secondary N) is 2. The number of aromatic nitrogens is 2. The molecule has 172 valence electrons. The molecule has 0 fully saturated rings. The summed E-state index contributed by atoms with van der Waals surface area (Å²) in [5.74, 6) is 2.41. The first-order chi connectivity index (χ1) is 15.0. The molecule has 3 aromatic rings. The molecule has 0 amide bonds. The van der Waals surface area contributed by atoms with Crippen molar-refractivity contribution in [1.29, 1.82) is 0 Å². The van der Waals surface area contributed by atoms with Crippen LogP contribution < -0.4 is 20.1 Å². The summed E-state index contributed by atoms with van der Waals surface area (Å²) in [7, 11) is 3.30. The van der Waals surface area contributed by atoms with E-state index in [4.69, 9.17) is 9.47 Å². The third kappa shape index (κ3) is 6.59. The molecule has 2 aromatic carbocycles. The normalized spacial score (nSPS) is 12.0. The second-order valence-electron chi connectivity index (χ2n) is 7.02. The number of hydrogen-bond acceptors (Lipinski definition) is 4. The lowest BCUT2D eigenvalue weighted by atomic mass is 10.2. The Morgan fingerprint density at radius 1 is 1.19 bits per heavy atom. The molecule has 9 heteroatoms. The predicted octanol–water partition coefficient (Wildman–Crippen LogP) is 4.08. The molecule has 0 aliphatic rings. The Hall–Kier alpha value is -2.82. The summed E-state index contributed by atoms with van der Waals surface area (Å²) >= 11 is 0. The predicted molar refractivity (Wildman–Crippen MR) is 135 cm³/mol. The van der Waals surface area contributed by atoms with Gasteiger partial charge in [-0.15, -0.1) is 24.0 Å². The molecule has 1 heterocycles. The molecule has 3 rings (SSSR count). The van der Waals surface area contributed by atoms with Crippen LogP contribution >= 0.6 is 24.0 Å². The van der Waals surface area contributed by atoms with E-state index in [1.807, 2.05) is 44.2 Å². The summed E-state index contributed by atoms with van der Waals surface area (Å²) in [6.45, 7) is 4.76. The van der Waals surface area contributed by atoms with Gasteiger partial charge in [0.05, 0.1) is 19.3 Å². The molecule has 0 saturated heterocycles. The molecule has 1 atom stereocenters. The number of aliphatic imine (C=N–C) groups is 1. The summed E-state index contributed by atoms with van der Waals surface area (Å²) in [5.41, 5.74) is 1.28. The number of rotatable bonds is 8. The number of nitrogens with zero attached hydrogens (tertiary/aromatic N) is 3. The quantitative estimate of drug-likeness (QED) is 0.250. The van der Waals surface area contributed by atoms with Gasteiger partial charge in [0.2, 0.25) is 0 Å². The minimum atomic E-state index is -0.304. The first-order valence-corrected chi connectivity index (χ1v) is 10.0. The standard InChI is InChI=1S/C23H28FN5O2.HI/c1-16(31-22-8-6-5-7-21(22)30-4)14-27-23(25-3)28-15-18-9-10-20(19(24)13-18)29-12-11-26-17(29)2;/h5-13,16H,14-15H2,1-4H3,(H2,25,27,28);1H. The van der Waals surface area contributed by atoms with Crippen LogP contribution in [-0.4, -0.2) is 42.3 Å². The minimum absolute atomic E-state index is 0. The molecule has 7 nitrogen and oxygen atoms in total. The van der Waals surface area contributed by atoms with Crippen molar-refractivity contribution in [3.05, 3.63) is 72.1 Å². The van der Waals surface area contributed by atoms with Crippen LogP contribution in [-0.2, 0) is 6.54 Å². The van der Waals surface area contributed by atoms with E-state index in [-0.39, 0.29) is 35.9 Å². The molecule has 2 N–H and O–H groups in total. The summed E-state index contributed by atoms with van der Waals surface area (Å²) in [6, 6.07) is 12.7. The van der Waals surface area contributed by atoms with Crippen LogP contribution in [0.3, 0.4) is 0 Å². The Balaban J connectivity index is 0.00000363. The highest BCUT2D eigenvalue weighted by molar-refractivity contribution is 14.0. The van der Waals surface area contributed by atoms with Gasteiger partial charge in [0, 0.05) is 26.0 Å². The van der Waals surface area contributed by atoms with Crippen LogP contribution in [0.4, 0.5) is 4.39 Å². The van der Waals surface area contributed by atoms with Gasteiger partial charge in [-0.05, 0) is 43.7 Å². The summed E-state index contributed by atoms with van der Waals surface area (Å²) in [5, 5.41) is 6.41. The highest BCUT2D eigenvalue weighted by Crippen LogP contribution is 2.26. The molecular weight excluding hydrogens is 524 g/mol. The van der Waals surface area contributed by atoms with Crippen LogP contribution in [0.5, 0.6) is 11.5 Å². The van der Waals surface area contributed by atoms with Crippen molar-refractivity contribution in [2.24, 2.45) is 4.99 Å². The Kier molecular flexibility index (Phi) is 9.76. The van der Waals surface area contributed by atoms with Crippen molar-refractivity contribution in [2.45, 2.75) is 26.5 Å². The minimum Gasteiger partial charge on any atom is -0.493 e. The lowest BCUT2D eigenvalue weighted by Gasteiger charge is -2.19. The van der Waals surface area contributed by atoms with Crippen molar-refractivity contribution < 1.29 is 13.9 Å². The molecule has 0 radical (unpaired) electrons. The second kappa shape index (κ2) is 12.3. The molecule has 0 saturated carbocycles. The average Bonchev–Trinajstić information content (AvgIpc) is 3.20. The number of methoxy groups -OCH3 is 1. The van der Waals surface area contributed by atoms with E-state index in [1.165, 1.54) is 6.07 Å². The van der Waals surface area contributed by atoms with Crippen LogP contribution in [0.2, 0.25) is 0 Å². The molecule has 1 unspecified atom stereocenters. The van der Waals surface area contributed by atoms with E-state index in [9.17, 15) is 4.39 Å². The first-order valence-electron chi connectivity index (χ1n) is 10.0. The Labute approximate surface area is 205 Å². The van der Waals surface area contributed by atoms with Crippen molar-refractivity contribution in [1.82, 2.24) is 20.2 Å². The number of para-hydroxylation sites is 2. The fourth-order valence-electron chi connectivity index (χ4n) is 3.11. The third-order valence-corrected chi connectivity index (χ3v) is 4.74. The highest BCUT2D eigenvalue weighted by atomic mass is 127. The van der Waals surface area contributed by atoms with Gasteiger partial charge in [-0.1, -0.05) is 18.2 Å². The van der Waals surface area contributed by atoms with E-state index in [1.54, 1.807) is 37.2 Å². The van der Waals surface area contributed by atoms with E-state index in [2.05, 4.69) is 20.6 Å². The number of hydrogen-bond donors (Lipinski definition) is 2. The zero-order valence-corrected chi connectivity index (χ0v) is 21.0. The van der Waals surface area contributed by atoms with E-state index >= 15 is 0 Å². The lowest BCUT2D eigenvalue weighted by Crippen LogP contribution is -2.41. The largest absolute Gasteiger partial charge is 0.493 e. The van der Waals surface area contributed by atoms with Gasteiger partial charge in [0.1, 0.15) is 17.7 Å². The maximum Gasteiger partial charge on any atom is 0.191 e. The third-order valence-electron chi connectivity index (χ3n) is 4.74. The Bertz CT molecular complexity index is 1040. The molecular formula is C23H29FIN5O2. The van der Waals surface area contributed by atoms with Crippen molar-refractivity contribution >= 4 is 29.9 Å². The van der Waals surface area contributed by atoms with Crippen LogP contribution in [0.25, 0.3) is 5.69 Å². The maximum atomic E-state index is 14.6. The van der Waals surface area contributed by atoms with E-state index in [0.717, 1.165) is 11.4 Å². The van der Waals surface area contributed by atoms with Crippen molar-refractivity contribution in [3.63, 3.8) is 0 Å². The number of guanidine groups is 1. The smallest absolute Gasteiger partial charge is 0.191 e. The van der Waals surface area contributed by atoms with Gasteiger partial charge in [-0.2, -0.15) is 0 Å². The van der Waals surface area contributed by atoms with Crippen LogP contribution in [0, 0.1) is 12.7 Å². The molecule has 32 heavy (non-hydrogen) atoms. The summed E-state index contributed by atoms with van der Waals surface area (Å²) in [4.78, 5) is 8.36. The van der Waals surface area contributed by atoms with Crippen molar-refractivity contribution in [3.8, 4) is 17.2 Å². The van der Waals surface area contributed by atoms with Gasteiger partial charge in [0.25, 0.3) is 0 Å². The number of halogens is 2. The lowest BCUT2D eigenvalue weighted by molar-refractivity contribution is 0.213. The number of imidazole rings is 1. The Morgan fingerprint density at radius 2 is 1.94 bits per heavy atom. The topological polar surface area (TPSA) is 72.7 Å². The Morgan fingerprint density at radius 3 is 2.56 bits per heavy atom. The maximum absolute atomic E-state index is 14.6. The first kappa shape index (κ1) is 25.4. The second-order valence-corrected chi connectivity index (χ2v) is 7.02. The van der Waals surface area contributed by atoms with Gasteiger partial charge in [-0.25, -0.2) is 9.37 Å². The van der Waals surface area contributed by atoms with E-state index < -0.39 is 0 Å². The van der Waals surface area contributed by atoms with Gasteiger partial charge in [-0.3, -0.25) is 4.99 Å². The fraction of sp³-hybridized carbons (Fsp3) is 0.304.